The van der Waals surface area contributed by atoms with Crippen molar-refractivity contribution in [1.29, 1.82) is 0 Å². The van der Waals surface area contributed by atoms with Gasteiger partial charge in [-0.1, -0.05) is 0 Å². The summed E-state index contributed by atoms with van der Waals surface area (Å²) in [5, 5.41) is 3.19. The summed E-state index contributed by atoms with van der Waals surface area (Å²) in [6.07, 6.45) is 2.33. The molecule has 1 atom stereocenters. The molecule has 1 unspecified atom stereocenters. The minimum atomic E-state index is -0.451. The lowest BCUT2D eigenvalue weighted by Crippen LogP contribution is -2.35. The molecule has 0 aromatic heterocycles. The first-order valence-corrected chi connectivity index (χ1v) is 6.90. The van der Waals surface area contributed by atoms with E-state index >= 15 is 0 Å². The molecule has 0 aliphatic carbocycles. The minimum Gasteiger partial charge on any atom is -0.465 e. The molecule has 1 saturated heterocycles. The summed E-state index contributed by atoms with van der Waals surface area (Å²) in [6, 6.07) is 4.07. The number of likely N-dealkylation sites (tertiary alicyclic amines) is 1. The molecule has 0 spiro atoms. The predicted molar refractivity (Wildman–Crippen MR) is 76.5 cm³/mol. The molecule has 0 saturated carbocycles. The molecule has 0 radical (unpaired) electrons. The van der Waals surface area contributed by atoms with Crippen LogP contribution in [0.1, 0.15) is 23.2 Å². The Kier molecular flexibility index (Phi) is 4.95. The summed E-state index contributed by atoms with van der Waals surface area (Å²) < 4.78 is 18.1. The van der Waals surface area contributed by atoms with Crippen LogP contribution in [-0.4, -0.2) is 44.7 Å². The summed E-state index contributed by atoms with van der Waals surface area (Å²) in [6.45, 7) is 2.89. The van der Waals surface area contributed by atoms with Gasteiger partial charge in [0.1, 0.15) is 5.82 Å². The van der Waals surface area contributed by atoms with Crippen LogP contribution in [-0.2, 0) is 4.74 Å². The highest BCUT2D eigenvalue weighted by atomic mass is 19.1. The molecular formula is C15H21FN2O2. The number of ether oxygens (including phenoxy) is 1. The number of nitrogens with zero attached hydrogens (tertiary/aromatic N) is 1. The summed E-state index contributed by atoms with van der Waals surface area (Å²) in [5.74, 6) is -0.295. The normalized spacial score (nSPS) is 19.6. The molecule has 0 bridgehead atoms. The molecule has 20 heavy (non-hydrogen) atoms. The number of carbonyl (C=O) groups is 1. The van der Waals surface area contributed by atoms with Gasteiger partial charge in [-0.05, 0) is 50.6 Å². The first-order chi connectivity index (χ1) is 9.60. The third-order valence-electron chi connectivity index (χ3n) is 3.69. The number of halogens is 1. The van der Waals surface area contributed by atoms with Crippen LogP contribution in [0.4, 0.5) is 10.1 Å². The number of piperidine rings is 1. The molecule has 2 rings (SSSR count). The van der Waals surface area contributed by atoms with Crippen molar-refractivity contribution < 1.29 is 13.9 Å². The zero-order valence-electron chi connectivity index (χ0n) is 12.0. The molecule has 1 aromatic rings. The molecule has 110 valence electrons. The number of methoxy groups -OCH3 is 1. The standard InChI is InChI=1S/C15H21FN2O2/c1-18-7-3-4-11(10-18)9-17-14-8-12(16)5-6-13(14)15(19)20-2/h5-6,8,11,17H,3-4,7,9-10H2,1-2H3. The van der Waals surface area contributed by atoms with Crippen molar-refractivity contribution in [2.75, 3.05) is 39.1 Å². The Hall–Kier alpha value is -1.62. The van der Waals surface area contributed by atoms with Gasteiger partial charge in [-0.2, -0.15) is 0 Å². The number of esters is 1. The van der Waals surface area contributed by atoms with Crippen LogP contribution in [0, 0.1) is 11.7 Å². The largest absolute Gasteiger partial charge is 0.465 e. The molecule has 1 aliphatic rings. The SMILES string of the molecule is COC(=O)c1ccc(F)cc1NCC1CCCN(C)C1. The number of anilines is 1. The molecule has 1 fully saturated rings. The number of rotatable bonds is 4. The smallest absolute Gasteiger partial charge is 0.339 e. The van der Waals surface area contributed by atoms with E-state index in [2.05, 4.69) is 17.3 Å². The van der Waals surface area contributed by atoms with Gasteiger partial charge in [-0.25, -0.2) is 9.18 Å². The predicted octanol–water partition coefficient (Wildman–Crippen LogP) is 2.37. The molecule has 1 heterocycles. The fraction of sp³-hybridized carbons (Fsp3) is 0.533. The van der Waals surface area contributed by atoms with Crippen molar-refractivity contribution in [3.05, 3.63) is 29.6 Å². The average molecular weight is 280 g/mol. The number of nitrogens with one attached hydrogen (secondary N) is 1. The summed E-state index contributed by atoms with van der Waals surface area (Å²) in [5.41, 5.74) is 0.878. The van der Waals surface area contributed by atoms with Crippen LogP contribution in [0.5, 0.6) is 0 Å². The van der Waals surface area contributed by atoms with Crippen LogP contribution in [0.3, 0.4) is 0 Å². The Labute approximate surface area is 118 Å². The fourth-order valence-electron chi connectivity index (χ4n) is 2.64. The topological polar surface area (TPSA) is 41.6 Å². The number of carbonyl (C=O) groups excluding carboxylic acids is 1. The van der Waals surface area contributed by atoms with E-state index in [1.54, 1.807) is 0 Å². The lowest BCUT2D eigenvalue weighted by molar-refractivity contribution is 0.0601. The van der Waals surface area contributed by atoms with Crippen molar-refractivity contribution in [3.8, 4) is 0 Å². The second-order valence-electron chi connectivity index (χ2n) is 5.33. The Morgan fingerprint density at radius 3 is 3.05 bits per heavy atom. The number of hydrogen-bond donors (Lipinski definition) is 1. The van der Waals surface area contributed by atoms with Crippen LogP contribution in [0.15, 0.2) is 18.2 Å². The third kappa shape index (κ3) is 3.70. The van der Waals surface area contributed by atoms with Gasteiger partial charge in [0.05, 0.1) is 18.4 Å². The first-order valence-electron chi connectivity index (χ1n) is 6.90. The Morgan fingerprint density at radius 2 is 2.35 bits per heavy atom. The minimum absolute atomic E-state index is 0.360. The van der Waals surface area contributed by atoms with Gasteiger partial charge in [-0.15, -0.1) is 0 Å². The van der Waals surface area contributed by atoms with E-state index in [1.165, 1.54) is 31.7 Å². The van der Waals surface area contributed by atoms with Gasteiger partial charge in [0, 0.05) is 13.1 Å². The molecule has 5 heteroatoms. The number of hydrogen-bond acceptors (Lipinski definition) is 4. The van der Waals surface area contributed by atoms with Gasteiger partial charge in [0.25, 0.3) is 0 Å². The van der Waals surface area contributed by atoms with Crippen molar-refractivity contribution in [3.63, 3.8) is 0 Å². The summed E-state index contributed by atoms with van der Waals surface area (Å²) in [7, 11) is 3.43. The van der Waals surface area contributed by atoms with E-state index in [0.717, 1.165) is 26.1 Å². The summed E-state index contributed by atoms with van der Waals surface area (Å²) in [4.78, 5) is 14.0. The van der Waals surface area contributed by atoms with E-state index in [1.807, 2.05) is 0 Å². The zero-order chi connectivity index (χ0) is 14.5. The highest BCUT2D eigenvalue weighted by molar-refractivity contribution is 5.95. The fourth-order valence-corrected chi connectivity index (χ4v) is 2.64. The Morgan fingerprint density at radius 1 is 1.55 bits per heavy atom. The van der Waals surface area contributed by atoms with E-state index in [9.17, 15) is 9.18 Å². The second-order valence-corrected chi connectivity index (χ2v) is 5.33. The molecule has 1 N–H and O–H groups in total. The molecular weight excluding hydrogens is 259 g/mol. The highest BCUT2D eigenvalue weighted by Gasteiger charge is 2.18. The monoisotopic (exact) mass is 280 g/mol. The summed E-state index contributed by atoms with van der Waals surface area (Å²) >= 11 is 0. The van der Waals surface area contributed by atoms with Gasteiger partial charge in [0.15, 0.2) is 0 Å². The van der Waals surface area contributed by atoms with Gasteiger partial charge in [-0.3, -0.25) is 0 Å². The quantitative estimate of drug-likeness (QED) is 0.860. The van der Waals surface area contributed by atoms with Crippen LogP contribution < -0.4 is 5.32 Å². The molecule has 1 aliphatic heterocycles. The lowest BCUT2D eigenvalue weighted by atomic mass is 9.98. The van der Waals surface area contributed by atoms with Crippen LogP contribution in [0.2, 0.25) is 0 Å². The third-order valence-corrected chi connectivity index (χ3v) is 3.69. The van der Waals surface area contributed by atoms with E-state index in [4.69, 9.17) is 4.74 Å². The lowest BCUT2D eigenvalue weighted by Gasteiger charge is -2.30. The van der Waals surface area contributed by atoms with Gasteiger partial charge < -0.3 is 15.0 Å². The van der Waals surface area contributed by atoms with Gasteiger partial charge in [0.2, 0.25) is 0 Å². The van der Waals surface area contributed by atoms with E-state index < -0.39 is 5.97 Å². The molecule has 1 aromatic carbocycles. The van der Waals surface area contributed by atoms with Crippen LogP contribution >= 0.6 is 0 Å². The highest BCUT2D eigenvalue weighted by Crippen LogP contribution is 2.21. The van der Waals surface area contributed by atoms with Crippen molar-refractivity contribution in [1.82, 2.24) is 4.90 Å². The first kappa shape index (κ1) is 14.8. The maximum atomic E-state index is 13.3. The average Bonchev–Trinajstić information content (AvgIpc) is 2.44. The Balaban J connectivity index is 2.04. The van der Waals surface area contributed by atoms with Crippen LogP contribution in [0.25, 0.3) is 0 Å². The maximum Gasteiger partial charge on any atom is 0.339 e. The maximum absolute atomic E-state index is 13.3. The van der Waals surface area contributed by atoms with Crippen molar-refractivity contribution >= 4 is 11.7 Å². The van der Waals surface area contributed by atoms with Crippen molar-refractivity contribution in [2.24, 2.45) is 5.92 Å². The van der Waals surface area contributed by atoms with E-state index in [0.29, 0.717) is 17.2 Å². The number of benzene rings is 1. The van der Waals surface area contributed by atoms with Gasteiger partial charge >= 0.3 is 5.97 Å². The molecule has 0 amide bonds. The van der Waals surface area contributed by atoms with Crippen molar-refractivity contribution in [2.45, 2.75) is 12.8 Å². The Bertz CT molecular complexity index is 479. The van der Waals surface area contributed by atoms with E-state index in [-0.39, 0.29) is 5.82 Å². The molecule has 4 nitrogen and oxygen atoms in total. The zero-order valence-corrected chi connectivity index (χ0v) is 12.0. The second kappa shape index (κ2) is 6.70.